The minimum atomic E-state index is -0.110. The maximum Gasteiger partial charge on any atom is 0.0621 e. The molecule has 0 radical (unpaired) electrons. The zero-order valence-corrected chi connectivity index (χ0v) is 28.2. The van der Waals surface area contributed by atoms with E-state index in [1.807, 2.05) is 0 Å². The minimum Gasteiger partial charge on any atom is -0.309 e. The molecular weight excluding hydrogens is 591 g/mol. The van der Waals surface area contributed by atoms with E-state index in [-0.39, 0.29) is 10.8 Å². The third kappa shape index (κ3) is 4.05. The molecule has 0 bridgehead atoms. The number of hydrogen-bond acceptors (Lipinski definition) is 1. The quantitative estimate of drug-likeness (QED) is 0.187. The highest BCUT2D eigenvalue weighted by molar-refractivity contribution is 6.10. The minimum absolute atomic E-state index is 0.0973. The molecule has 1 heteroatoms. The molecule has 0 atom stereocenters. The summed E-state index contributed by atoms with van der Waals surface area (Å²) in [5.74, 6) is 0. The molecular formula is C48H39N. The SMILES string of the molecule is CC1(C)c2ccccc2-c2c1cc1ccccc1c2N(c1ccc(-c2ccccc2)cc1)c1ccc2c(c1)C1(CCCC1)c1ccccc1-2. The van der Waals surface area contributed by atoms with Crippen molar-refractivity contribution in [1.29, 1.82) is 0 Å². The first-order chi connectivity index (χ1) is 24.0. The van der Waals surface area contributed by atoms with Crippen LogP contribution in [0.1, 0.15) is 61.8 Å². The van der Waals surface area contributed by atoms with E-state index in [1.165, 1.54) is 109 Å². The number of benzene rings is 7. The first kappa shape index (κ1) is 28.6. The Morgan fingerprint density at radius 2 is 1.08 bits per heavy atom. The monoisotopic (exact) mass is 629 g/mol. The van der Waals surface area contributed by atoms with Gasteiger partial charge in [0.1, 0.15) is 0 Å². The second-order valence-corrected chi connectivity index (χ2v) is 14.9. The van der Waals surface area contributed by atoms with Gasteiger partial charge in [0.2, 0.25) is 0 Å². The lowest BCUT2D eigenvalue weighted by atomic mass is 9.76. The molecule has 1 fully saturated rings. The molecule has 0 N–H and O–H groups in total. The largest absolute Gasteiger partial charge is 0.309 e. The first-order valence-electron chi connectivity index (χ1n) is 17.9. The summed E-state index contributed by atoms with van der Waals surface area (Å²) < 4.78 is 0. The van der Waals surface area contributed by atoms with Gasteiger partial charge >= 0.3 is 0 Å². The Hall–Kier alpha value is -5.40. The van der Waals surface area contributed by atoms with Gasteiger partial charge in [-0.1, -0.05) is 148 Å². The predicted octanol–water partition coefficient (Wildman–Crippen LogP) is 13.1. The lowest BCUT2D eigenvalue weighted by Gasteiger charge is -2.32. The van der Waals surface area contributed by atoms with E-state index in [1.54, 1.807) is 0 Å². The summed E-state index contributed by atoms with van der Waals surface area (Å²) in [6, 6.07) is 57.1. The van der Waals surface area contributed by atoms with E-state index < -0.39 is 0 Å². The molecule has 3 aliphatic carbocycles. The standard InChI is InChI=1S/C48H39N/c1-47(2)41-20-10-9-19-40(41)45-44(47)30-34-16-6-7-17-37(34)46(45)49(35-24-22-33(23-25-35)32-14-4-3-5-15-32)36-26-27-39-38-18-8-11-21-42(38)48(43(39)31-36)28-12-13-29-48/h3-11,14-27,30-31H,12-13,28-29H2,1-2H3. The summed E-state index contributed by atoms with van der Waals surface area (Å²) >= 11 is 0. The number of rotatable bonds is 4. The van der Waals surface area contributed by atoms with Gasteiger partial charge in [-0.3, -0.25) is 0 Å². The highest BCUT2D eigenvalue weighted by Crippen LogP contribution is 2.60. The predicted molar refractivity (Wildman–Crippen MR) is 206 cm³/mol. The van der Waals surface area contributed by atoms with Crippen LogP contribution < -0.4 is 4.90 Å². The Bertz CT molecular complexity index is 2410. The summed E-state index contributed by atoms with van der Waals surface area (Å²) in [7, 11) is 0. The summed E-state index contributed by atoms with van der Waals surface area (Å²) in [5, 5.41) is 2.56. The number of anilines is 3. The molecule has 1 saturated carbocycles. The average Bonchev–Trinajstić information content (AvgIpc) is 3.82. The number of nitrogens with zero attached hydrogens (tertiary/aromatic N) is 1. The van der Waals surface area contributed by atoms with Crippen LogP contribution in [0.2, 0.25) is 0 Å². The van der Waals surface area contributed by atoms with Crippen LogP contribution in [0.4, 0.5) is 17.1 Å². The smallest absolute Gasteiger partial charge is 0.0621 e. The molecule has 0 unspecified atom stereocenters. The maximum absolute atomic E-state index is 2.58. The molecule has 7 aromatic rings. The topological polar surface area (TPSA) is 3.24 Å². The Morgan fingerprint density at radius 3 is 1.88 bits per heavy atom. The van der Waals surface area contributed by atoms with E-state index in [2.05, 4.69) is 170 Å². The second-order valence-electron chi connectivity index (χ2n) is 14.9. The van der Waals surface area contributed by atoms with Crippen LogP contribution in [0.25, 0.3) is 44.2 Å². The summed E-state index contributed by atoms with van der Waals surface area (Å²) in [6.07, 6.45) is 5.01. The van der Waals surface area contributed by atoms with E-state index in [0.717, 1.165) is 0 Å². The van der Waals surface area contributed by atoms with Crippen LogP contribution in [-0.4, -0.2) is 0 Å². The molecule has 1 nitrogen and oxygen atoms in total. The van der Waals surface area contributed by atoms with Crippen molar-refractivity contribution in [3.63, 3.8) is 0 Å². The molecule has 236 valence electrons. The Kier molecular flexibility index (Phi) is 6.16. The van der Waals surface area contributed by atoms with Crippen molar-refractivity contribution in [1.82, 2.24) is 0 Å². The molecule has 3 aliphatic rings. The average molecular weight is 630 g/mol. The van der Waals surface area contributed by atoms with Gasteiger partial charge in [-0.25, -0.2) is 0 Å². The van der Waals surface area contributed by atoms with Crippen LogP contribution in [0.3, 0.4) is 0 Å². The zero-order valence-electron chi connectivity index (χ0n) is 28.2. The fraction of sp³-hybridized carbons (Fsp3) is 0.167. The van der Waals surface area contributed by atoms with Crippen molar-refractivity contribution in [2.24, 2.45) is 0 Å². The normalized spacial score (nSPS) is 16.0. The van der Waals surface area contributed by atoms with Crippen molar-refractivity contribution in [3.8, 4) is 33.4 Å². The number of fused-ring (bicyclic) bond motifs is 9. The first-order valence-corrected chi connectivity index (χ1v) is 17.9. The fourth-order valence-electron chi connectivity index (χ4n) is 9.66. The van der Waals surface area contributed by atoms with E-state index >= 15 is 0 Å². The van der Waals surface area contributed by atoms with Gasteiger partial charge in [-0.15, -0.1) is 0 Å². The van der Waals surface area contributed by atoms with Crippen LogP contribution in [0, 0.1) is 0 Å². The molecule has 0 aromatic heterocycles. The van der Waals surface area contributed by atoms with Crippen molar-refractivity contribution in [3.05, 3.63) is 174 Å². The van der Waals surface area contributed by atoms with Gasteiger partial charge in [0.15, 0.2) is 0 Å². The van der Waals surface area contributed by atoms with Crippen LogP contribution >= 0.6 is 0 Å². The molecule has 7 aromatic carbocycles. The summed E-state index contributed by atoms with van der Waals surface area (Å²) in [6.45, 7) is 4.79. The fourth-order valence-corrected chi connectivity index (χ4v) is 9.66. The zero-order chi connectivity index (χ0) is 32.7. The van der Waals surface area contributed by atoms with Crippen molar-refractivity contribution < 1.29 is 0 Å². The van der Waals surface area contributed by atoms with Gasteiger partial charge in [-0.05, 0) is 98.6 Å². The van der Waals surface area contributed by atoms with Gasteiger partial charge in [-0.2, -0.15) is 0 Å². The molecule has 49 heavy (non-hydrogen) atoms. The number of hydrogen-bond donors (Lipinski definition) is 0. The van der Waals surface area contributed by atoms with Crippen molar-refractivity contribution in [2.75, 3.05) is 4.90 Å². The molecule has 1 spiro atoms. The van der Waals surface area contributed by atoms with Gasteiger partial charge in [0, 0.05) is 33.2 Å². The second kappa shape index (κ2) is 10.5. The van der Waals surface area contributed by atoms with Gasteiger partial charge in [0.25, 0.3) is 0 Å². The maximum atomic E-state index is 2.58. The highest BCUT2D eigenvalue weighted by Gasteiger charge is 2.45. The Morgan fingerprint density at radius 1 is 0.469 bits per heavy atom. The molecule has 0 saturated heterocycles. The van der Waals surface area contributed by atoms with Gasteiger partial charge in [0.05, 0.1) is 5.69 Å². The molecule has 0 aliphatic heterocycles. The molecule has 0 amide bonds. The van der Waals surface area contributed by atoms with E-state index in [0.29, 0.717) is 0 Å². The summed E-state index contributed by atoms with van der Waals surface area (Å²) in [4.78, 5) is 2.58. The highest BCUT2D eigenvalue weighted by atomic mass is 15.1. The van der Waals surface area contributed by atoms with E-state index in [4.69, 9.17) is 0 Å². The lowest BCUT2D eigenvalue weighted by Crippen LogP contribution is -2.21. The van der Waals surface area contributed by atoms with Crippen LogP contribution in [-0.2, 0) is 10.8 Å². The van der Waals surface area contributed by atoms with Crippen molar-refractivity contribution in [2.45, 2.75) is 50.4 Å². The van der Waals surface area contributed by atoms with Gasteiger partial charge < -0.3 is 4.90 Å². The van der Waals surface area contributed by atoms with E-state index in [9.17, 15) is 0 Å². The third-order valence-electron chi connectivity index (χ3n) is 12.0. The lowest BCUT2D eigenvalue weighted by molar-refractivity contribution is 0.550. The van der Waals surface area contributed by atoms with Crippen LogP contribution in [0.5, 0.6) is 0 Å². The van der Waals surface area contributed by atoms with Crippen molar-refractivity contribution >= 4 is 27.8 Å². The Balaban J connectivity index is 1.27. The molecule has 10 rings (SSSR count). The van der Waals surface area contributed by atoms with Crippen LogP contribution in [0.15, 0.2) is 152 Å². The summed E-state index contributed by atoms with van der Waals surface area (Å²) in [5.41, 5.74) is 17.5. The Labute approximate surface area is 289 Å². The third-order valence-corrected chi connectivity index (χ3v) is 12.0. The molecule has 0 heterocycles.